The number of halogens is 1. The Hall–Kier alpha value is -2.88. The molecule has 1 aromatic heterocycles. The van der Waals surface area contributed by atoms with Crippen molar-refractivity contribution in [1.82, 2.24) is 15.1 Å². The van der Waals surface area contributed by atoms with Crippen LogP contribution in [-0.4, -0.2) is 50.3 Å². The molecule has 6 rings (SSSR count). The third-order valence-electron chi connectivity index (χ3n) is 15.1. The molecule has 0 saturated heterocycles. The number of aromatic nitrogens is 2. The van der Waals surface area contributed by atoms with Crippen molar-refractivity contribution in [3.8, 4) is 0 Å². The Bertz CT molecular complexity index is 1630. The Kier molecular flexibility index (Phi) is 9.95. The Morgan fingerprint density at radius 1 is 1.00 bits per heavy atom. The number of ether oxygens (including phenoxy) is 1. The molecule has 0 spiro atoms. The number of allylic oxidation sites excluding steroid dienone is 1. The van der Waals surface area contributed by atoms with Gasteiger partial charge in [0.15, 0.2) is 5.78 Å². The van der Waals surface area contributed by atoms with Crippen molar-refractivity contribution >= 4 is 41.8 Å². The van der Waals surface area contributed by atoms with Crippen molar-refractivity contribution in [1.29, 1.82) is 0 Å². The van der Waals surface area contributed by atoms with Crippen LogP contribution in [0.5, 0.6) is 0 Å². The van der Waals surface area contributed by atoms with Crippen molar-refractivity contribution < 1.29 is 29.0 Å². The fourth-order valence-corrected chi connectivity index (χ4v) is 12.4. The van der Waals surface area contributed by atoms with Gasteiger partial charge in [-0.05, 0) is 116 Å². The fourth-order valence-electron chi connectivity index (χ4n) is 12.4. The van der Waals surface area contributed by atoms with E-state index in [9.17, 15) is 24.3 Å². The van der Waals surface area contributed by atoms with Gasteiger partial charge in [0.05, 0.1) is 29.3 Å². The average molecular weight is 729 g/mol. The second-order valence-electron chi connectivity index (χ2n) is 19.0. The number of amides is 2. The summed E-state index contributed by atoms with van der Waals surface area (Å²) in [4.78, 5) is 52.2. The Morgan fingerprint density at radius 3 is 2.29 bits per heavy atom. The lowest BCUT2D eigenvalue weighted by molar-refractivity contribution is -0.232. The van der Waals surface area contributed by atoms with Crippen LogP contribution >= 0.6 is 12.4 Å². The second kappa shape index (κ2) is 12.9. The summed E-state index contributed by atoms with van der Waals surface area (Å²) in [7, 11) is 1.81. The smallest absolute Gasteiger partial charge is 0.320 e. The average Bonchev–Trinajstić information content (AvgIpc) is 3.53. The maximum atomic E-state index is 13.9. The third kappa shape index (κ3) is 6.03. The topological polar surface area (TPSA) is 140 Å². The van der Waals surface area contributed by atoms with Gasteiger partial charge in [0.25, 0.3) is 0 Å². The maximum Gasteiger partial charge on any atom is 0.320 e. The van der Waals surface area contributed by atoms with Crippen LogP contribution < -0.4 is 10.6 Å². The van der Waals surface area contributed by atoms with E-state index in [1.807, 2.05) is 7.05 Å². The number of nitrogens with zero attached hydrogens (tertiary/aromatic N) is 2. The molecule has 5 aliphatic rings. The first-order chi connectivity index (χ1) is 23.1. The molecule has 2 amide bonds. The Labute approximate surface area is 310 Å². The Morgan fingerprint density at radius 2 is 1.69 bits per heavy atom. The lowest BCUT2D eigenvalue weighted by Crippen LogP contribution is -2.67. The zero-order valence-corrected chi connectivity index (χ0v) is 33.2. The molecular formula is C40H61ClN4O6. The predicted octanol–water partition coefficient (Wildman–Crippen LogP) is 8.11. The van der Waals surface area contributed by atoms with Gasteiger partial charge in [0, 0.05) is 25.1 Å². The molecule has 1 aromatic rings. The lowest BCUT2D eigenvalue weighted by atomic mass is 9.33. The largest absolute Gasteiger partial charge is 0.481 e. The molecule has 4 saturated carbocycles. The summed E-state index contributed by atoms with van der Waals surface area (Å²) in [6.45, 7) is 19.4. The predicted molar refractivity (Wildman–Crippen MR) is 198 cm³/mol. The van der Waals surface area contributed by atoms with Gasteiger partial charge in [-0.25, -0.2) is 4.79 Å². The van der Waals surface area contributed by atoms with Gasteiger partial charge < -0.3 is 20.5 Å². The van der Waals surface area contributed by atoms with E-state index in [-0.39, 0.29) is 70.2 Å². The number of aliphatic carboxylic acids is 1. The summed E-state index contributed by atoms with van der Waals surface area (Å²) in [5.41, 5.74) is 0.655. The molecule has 0 radical (unpaired) electrons. The molecule has 284 valence electrons. The van der Waals surface area contributed by atoms with E-state index >= 15 is 0 Å². The summed E-state index contributed by atoms with van der Waals surface area (Å²) in [6.07, 6.45) is 10.8. The first-order valence-electron chi connectivity index (χ1n) is 18.9. The molecule has 0 bridgehead atoms. The van der Waals surface area contributed by atoms with Gasteiger partial charge >= 0.3 is 18.0 Å². The quantitative estimate of drug-likeness (QED) is 0.241. The molecule has 0 aliphatic heterocycles. The molecule has 0 unspecified atom stereocenters. The molecule has 51 heavy (non-hydrogen) atoms. The molecule has 10 nitrogen and oxygen atoms in total. The summed E-state index contributed by atoms with van der Waals surface area (Å²) in [5, 5.41) is 20.1. The fraction of sp³-hybridized carbons (Fsp3) is 0.775. The lowest BCUT2D eigenvalue weighted by Gasteiger charge is -2.72. The van der Waals surface area contributed by atoms with Crippen molar-refractivity contribution in [2.75, 3.05) is 5.32 Å². The number of urea groups is 1. The SMILES string of the molecule is CC(C)C1=C2[C@H]3CC[C@@H]4[C@@]5(C)CC[C@H](OC(=O)CC(C)(C)C(=O)O)C(C)(C)[C@@H]5CC[C@@]4(C)[C@]3(C)CC[C@@]2(NC(=O)Nc2cnn(C)c2)CC1=O.Cl. The number of carboxylic acid groups (broad SMARTS) is 1. The van der Waals surface area contributed by atoms with Crippen LogP contribution in [0.15, 0.2) is 23.5 Å². The van der Waals surface area contributed by atoms with Gasteiger partial charge in [-0.2, -0.15) is 5.10 Å². The zero-order valence-electron chi connectivity index (χ0n) is 32.4. The van der Waals surface area contributed by atoms with Gasteiger partial charge in [-0.15, -0.1) is 12.4 Å². The molecule has 5 aliphatic carbocycles. The van der Waals surface area contributed by atoms with Crippen LogP contribution in [-0.2, 0) is 26.2 Å². The number of anilines is 1. The van der Waals surface area contributed by atoms with E-state index in [1.54, 1.807) is 30.9 Å². The minimum Gasteiger partial charge on any atom is -0.481 e. The van der Waals surface area contributed by atoms with E-state index in [0.717, 1.165) is 56.9 Å². The number of hydrogen-bond acceptors (Lipinski definition) is 6. The number of carbonyl (C=O) groups is 4. The summed E-state index contributed by atoms with van der Waals surface area (Å²) in [6, 6.07) is -0.295. The molecular weight excluding hydrogens is 668 g/mol. The van der Waals surface area contributed by atoms with Crippen LogP contribution in [0.2, 0.25) is 0 Å². The summed E-state index contributed by atoms with van der Waals surface area (Å²) >= 11 is 0. The molecule has 4 fully saturated rings. The minimum atomic E-state index is -1.17. The van der Waals surface area contributed by atoms with Crippen LogP contribution in [0, 0.1) is 50.7 Å². The number of rotatable bonds is 7. The van der Waals surface area contributed by atoms with Crippen molar-refractivity contribution in [3.05, 3.63) is 23.5 Å². The highest BCUT2D eigenvalue weighted by molar-refractivity contribution is 6.03. The van der Waals surface area contributed by atoms with Gasteiger partial charge in [-0.3, -0.25) is 19.1 Å². The number of carbonyl (C=O) groups excluding carboxylic acids is 3. The van der Waals surface area contributed by atoms with Crippen LogP contribution in [0.1, 0.15) is 127 Å². The molecule has 0 aromatic carbocycles. The molecule has 3 N–H and O–H groups in total. The number of hydrogen-bond donors (Lipinski definition) is 3. The number of fused-ring (bicyclic) bond motifs is 7. The van der Waals surface area contributed by atoms with Crippen LogP contribution in [0.4, 0.5) is 10.5 Å². The molecule has 8 atom stereocenters. The van der Waals surface area contributed by atoms with Crippen LogP contribution in [0.3, 0.4) is 0 Å². The summed E-state index contributed by atoms with van der Waals surface area (Å²) < 4.78 is 7.79. The van der Waals surface area contributed by atoms with Crippen molar-refractivity contribution in [2.45, 2.75) is 138 Å². The highest BCUT2D eigenvalue weighted by Crippen LogP contribution is 2.76. The van der Waals surface area contributed by atoms with E-state index in [2.05, 4.69) is 64.2 Å². The number of Topliss-reactive ketones (excluding diaryl/α,β-unsaturated/α-hetero) is 1. The van der Waals surface area contributed by atoms with E-state index < -0.39 is 22.9 Å². The first kappa shape index (κ1) is 39.3. The summed E-state index contributed by atoms with van der Waals surface area (Å²) in [5.74, 6) is -0.168. The minimum absolute atomic E-state index is 0. The number of esters is 1. The van der Waals surface area contributed by atoms with Gasteiger partial charge in [0.1, 0.15) is 6.10 Å². The van der Waals surface area contributed by atoms with Gasteiger partial charge in [0.2, 0.25) is 0 Å². The molecule has 1 heterocycles. The van der Waals surface area contributed by atoms with E-state index in [1.165, 1.54) is 5.57 Å². The maximum absolute atomic E-state index is 13.9. The Balaban J connectivity index is 0.00000504. The first-order valence-corrected chi connectivity index (χ1v) is 18.9. The van der Waals surface area contributed by atoms with Gasteiger partial charge in [-0.1, -0.05) is 48.5 Å². The van der Waals surface area contributed by atoms with Crippen molar-refractivity contribution in [3.63, 3.8) is 0 Å². The van der Waals surface area contributed by atoms with Crippen LogP contribution in [0.25, 0.3) is 0 Å². The second-order valence-corrected chi connectivity index (χ2v) is 19.0. The number of carboxylic acids is 1. The monoisotopic (exact) mass is 728 g/mol. The van der Waals surface area contributed by atoms with Crippen molar-refractivity contribution in [2.24, 2.45) is 57.8 Å². The third-order valence-corrected chi connectivity index (χ3v) is 15.1. The molecule has 11 heteroatoms. The zero-order chi connectivity index (χ0) is 36.8. The number of aryl methyl sites for hydroxylation is 1. The number of ketones is 1. The standard InChI is InChI=1S/C40H60N4O6.ClH/c1-23(2)31-26(45)19-40(43-34(49)42-24-21-41-44(10)22-24)18-17-38(8)25(32(31)40)11-12-28-37(7)15-14-29(50-30(46)20-35(3,4)33(47)48)36(5,6)27(37)13-16-39(28,38)9;/h21-23,25,27-29H,11-20H2,1-10H3,(H,47,48)(H2,42,43,49);1H/t25-,27+,28-,29+,37+,38-,39-,40-;/m1./s1. The highest BCUT2D eigenvalue weighted by Gasteiger charge is 2.70. The highest BCUT2D eigenvalue weighted by atomic mass is 35.5. The van der Waals surface area contributed by atoms with E-state index in [0.29, 0.717) is 23.9 Å². The normalized spacial score (nSPS) is 37.0. The number of nitrogens with one attached hydrogen (secondary N) is 2. The van der Waals surface area contributed by atoms with E-state index in [4.69, 9.17) is 4.74 Å².